The van der Waals surface area contributed by atoms with Crippen LogP contribution in [0.25, 0.3) is 0 Å². The maximum absolute atomic E-state index is 11.5. The maximum atomic E-state index is 11.5. The zero-order chi connectivity index (χ0) is 10.7. The van der Waals surface area contributed by atoms with E-state index in [0.717, 1.165) is 0 Å². The molecule has 0 spiro atoms. The highest BCUT2D eigenvalue weighted by Gasteiger charge is 2.33. The van der Waals surface area contributed by atoms with Gasteiger partial charge in [0.2, 0.25) is 5.91 Å². The molecular weight excluding hydrogens is 188 g/mol. The van der Waals surface area contributed by atoms with Crippen molar-refractivity contribution >= 4 is 11.9 Å². The number of carboxylic acids is 1. The molecular formula is C8H14N2O4. The third kappa shape index (κ3) is 2.21. The number of ether oxygens (including phenoxy) is 1. The quantitative estimate of drug-likeness (QED) is 0.577. The highest BCUT2D eigenvalue weighted by Crippen LogP contribution is 2.08. The van der Waals surface area contributed by atoms with E-state index in [1.54, 1.807) is 0 Å². The Morgan fingerprint density at radius 3 is 2.79 bits per heavy atom. The first-order valence-corrected chi connectivity index (χ1v) is 4.40. The van der Waals surface area contributed by atoms with Gasteiger partial charge < -0.3 is 20.5 Å². The average Bonchev–Trinajstić information content (AvgIpc) is 2.16. The molecule has 1 aliphatic rings. The van der Waals surface area contributed by atoms with Crippen LogP contribution in [0.3, 0.4) is 0 Å². The fourth-order valence-corrected chi connectivity index (χ4v) is 1.33. The van der Waals surface area contributed by atoms with Crippen molar-refractivity contribution in [3.63, 3.8) is 0 Å². The van der Waals surface area contributed by atoms with E-state index in [2.05, 4.69) is 0 Å². The van der Waals surface area contributed by atoms with Crippen molar-refractivity contribution in [2.24, 2.45) is 5.73 Å². The normalized spacial score (nSPS) is 24.4. The van der Waals surface area contributed by atoms with E-state index in [1.165, 1.54) is 11.8 Å². The lowest BCUT2D eigenvalue weighted by molar-refractivity contribution is -0.158. The Labute approximate surface area is 81.6 Å². The number of carbonyl (C=O) groups excluding carboxylic acids is 1. The minimum Gasteiger partial charge on any atom is -0.480 e. The summed E-state index contributed by atoms with van der Waals surface area (Å²) < 4.78 is 4.99. The van der Waals surface area contributed by atoms with Crippen molar-refractivity contribution in [2.75, 3.05) is 19.8 Å². The van der Waals surface area contributed by atoms with Gasteiger partial charge in [0.25, 0.3) is 0 Å². The first-order chi connectivity index (χ1) is 6.54. The molecule has 6 nitrogen and oxygen atoms in total. The first-order valence-electron chi connectivity index (χ1n) is 4.40. The molecule has 3 N–H and O–H groups in total. The van der Waals surface area contributed by atoms with E-state index in [-0.39, 0.29) is 19.1 Å². The zero-order valence-corrected chi connectivity index (χ0v) is 7.97. The van der Waals surface area contributed by atoms with Gasteiger partial charge in [-0.25, -0.2) is 4.79 Å². The average molecular weight is 202 g/mol. The van der Waals surface area contributed by atoms with Gasteiger partial charge in [0.15, 0.2) is 6.04 Å². The van der Waals surface area contributed by atoms with Crippen molar-refractivity contribution in [1.82, 2.24) is 4.90 Å². The minimum absolute atomic E-state index is 0.0355. The monoisotopic (exact) mass is 202 g/mol. The van der Waals surface area contributed by atoms with Crippen LogP contribution < -0.4 is 5.73 Å². The number of morpholine rings is 1. The molecule has 0 saturated carbocycles. The van der Waals surface area contributed by atoms with Gasteiger partial charge in [-0.15, -0.1) is 0 Å². The van der Waals surface area contributed by atoms with Crippen LogP contribution >= 0.6 is 0 Å². The molecule has 0 aromatic heterocycles. The van der Waals surface area contributed by atoms with E-state index in [1.807, 2.05) is 0 Å². The number of hydrogen-bond donors (Lipinski definition) is 2. The second-order valence-electron chi connectivity index (χ2n) is 3.25. The molecule has 0 bridgehead atoms. The summed E-state index contributed by atoms with van der Waals surface area (Å²) in [5.74, 6) is -1.40. The van der Waals surface area contributed by atoms with Crippen LogP contribution in [0.1, 0.15) is 6.92 Å². The van der Waals surface area contributed by atoms with Crippen LogP contribution in [0.2, 0.25) is 0 Å². The third-order valence-corrected chi connectivity index (χ3v) is 2.09. The Hall–Kier alpha value is -1.14. The molecule has 80 valence electrons. The highest BCUT2D eigenvalue weighted by atomic mass is 16.5. The number of rotatable bonds is 2. The molecule has 0 aliphatic carbocycles. The summed E-state index contributed by atoms with van der Waals surface area (Å²) in [4.78, 5) is 23.5. The SMILES string of the molecule is CC(N)C(=O)N1CCOCC1C(=O)O. The van der Waals surface area contributed by atoms with Gasteiger partial charge >= 0.3 is 5.97 Å². The van der Waals surface area contributed by atoms with Crippen LogP contribution in [0.5, 0.6) is 0 Å². The molecule has 2 unspecified atom stereocenters. The summed E-state index contributed by atoms with van der Waals surface area (Å²) in [6, 6.07) is -1.57. The Bertz CT molecular complexity index is 241. The molecule has 1 rings (SSSR count). The Morgan fingerprint density at radius 2 is 2.29 bits per heavy atom. The first kappa shape index (κ1) is 10.9. The van der Waals surface area contributed by atoms with Gasteiger partial charge in [-0.2, -0.15) is 0 Å². The lowest BCUT2D eigenvalue weighted by Crippen LogP contribution is -2.56. The van der Waals surface area contributed by atoms with E-state index < -0.39 is 18.1 Å². The van der Waals surface area contributed by atoms with Crippen LogP contribution in [-0.2, 0) is 14.3 Å². The molecule has 1 amide bonds. The molecule has 0 aromatic rings. The molecule has 0 radical (unpaired) electrons. The van der Waals surface area contributed by atoms with E-state index in [0.29, 0.717) is 6.61 Å². The van der Waals surface area contributed by atoms with E-state index >= 15 is 0 Å². The minimum atomic E-state index is -1.06. The number of nitrogens with zero attached hydrogens (tertiary/aromatic N) is 1. The summed E-state index contributed by atoms with van der Waals surface area (Å²) in [5, 5.41) is 8.82. The van der Waals surface area contributed by atoms with Crippen LogP contribution in [0.15, 0.2) is 0 Å². The lowest BCUT2D eigenvalue weighted by Gasteiger charge is -2.33. The summed E-state index contributed by atoms with van der Waals surface area (Å²) in [5.41, 5.74) is 5.40. The number of carboxylic acid groups (broad SMARTS) is 1. The van der Waals surface area contributed by atoms with E-state index in [9.17, 15) is 9.59 Å². The van der Waals surface area contributed by atoms with Gasteiger partial charge in [0.1, 0.15) is 0 Å². The smallest absolute Gasteiger partial charge is 0.328 e. The maximum Gasteiger partial charge on any atom is 0.328 e. The Morgan fingerprint density at radius 1 is 1.64 bits per heavy atom. The predicted molar refractivity (Wildman–Crippen MR) is 47.6 cm³/mol. The van der Waals surface area contributed by atoms with Crippen molar-refractivity contribution in [1.29, 1.82) is 0 Å². The van der Waals surface area contributed by atoms with Gasteiger partial charge in [-0.05, 0) is 6.92 Å². The third-order valence-electron chi connectivity index (χ3n) is 2.09. The Balaban J connectivity index is 2.72. The largest absolute Gasteiger partial charge is 0.480 e. The van der Waals surface area contributed by atoms with Gasteiger partial charge in [0, 0.05) is 6.54 Å². The van der Waals surface area contributed by atoms with Crippen LogP contribution in [0, 0.1) is 0 Å². The van der Waals surface area contributed by atoms with Gasteiger partial charge in [-0.3, -0.25) is 4.79 Å². The van der Waals surface area contributed by atoms with Gasteiger partial charge in [0.05, 0.1) is 19.3 Å². The topological polar surface area (TPSA) is 92.9 Å². The molecule has 2 atom stereocenters. The molecule has 1 heterocycles. The van der Waals surface area contributed by atoms with Gasteiger partial charge in [-0.1, -0.05) is 0 Å². The lowest BCUT2D eigenvalue weighted by atomic mass is 10.2. The number of amides is 1. The standard InChI is InChI=1S/C8H14N2O4/c1-5(9)7(11)10-2-3-14-4-6(10)8(12)13/h5-6H,2-4,9H2,1H3,(H,12,13). The van der Waals surface area contributed by atoms with Crippen molar-refractivity contribution in [3.8, 4) is 0 Å². The molecule has 1 saturated heterocycles. The molecule has 1 fully saturated rings. The summed E-state index contributed by atoms with van der Waals surface area (Å²) >= 11 is 0. The number of aliphatic carboxylic acids is 1. The summed E-state index contributed by atoms with van der Waals surface area (Å²) in [6.07, 6.45) is 0. The fraction of sp³-hybridized carbons (Fsp3) is 0.750. The van der Waals surface area contributed by atoms with Crippen LogP contribution in [0.4, 0.5) is 0 Å². The second kappa shape index (κ2) is 4.39. The molecule has 6 heteroatoms. The van der Waals surface area contributed by atoms with Crippen molar-refractivity contribution < 1.29 is 19.4 Å². The number of carbonyl (C=O) groups is 2. The predicted octanol–water partition coefficient (Wildman–Crippen LogP) is -1.35. The fourth-order valence-electron chi connectivity index (χ4n) is 1.33. The van der Waals surface area contributed by atoms with Crippen LogP contribution in [-0.4, -0.2) is 53.7 Å². The molecule has 1 aliphatic heterocycles. The molecule has 0 aromatic carbocycles. The molecule has 14 heavy (non-hydrogen) atoms. The summed E-state index contributed by atoms with van der Waals surface area (Å²) in [6.45, 7) is 2.23. The Kier molecular flexibility index (Phi) is 3.43. The second-order valence-corrected chi connectivity index (χ2v) is 3.25. The number of hydrogen-bond acceptors (Lipinski definition) is 4. The highest BCUT2D eigenvalue weighted by molar-refractivity contribution is 5.86. The van der Waals surface area contributed by atoms with Crippen molar-refractivity contribution in [2.45, 2.75) is 19.0 Å². The van der Waals surface area contributed by atoms with E-state index in [4.69, 9.17) is 15.6 Å². The summed E-state index contributed by atoms with van der Waals surface area (Å²) in [7, 11) is 0. The zero-order valence-electron chi connectivity index (χ0n) is 7.97. The van der Waals surface area contributed by atoms with Crippen molar-refractivity contribution in [3.05, 3.63) is 0 Å². The number of nitrogens with two attached hydrogens (primary N) is 1.